The molecule has 0 heterocycles. The molecule has 0 saturated heterocycles. The highest BCUT2D eigenvalue weighted by Gasteiger charge is 2.07. The van der Waals surface area contributed by atoms with Gasteiger partial charge >= 0.3 is 0 Å². The Morgan fingerprint density at radius 1 is 1.10 bits per heavy atom. The summed E-state index contributed by atoms with van der Waals surface area (Å²) in [6.45, 7) is 0.292. The third-order valence-corrected chi connectivity index (χ3v) is 2.90. The summed E-state index contributed by atoms with van der Waals surface area (Å²) >= 11 is 0. The van der Waals surface area contributed by atoms with E-state index >= 15 is 0 Å². The average Bonchev–Trinajstić information content (AvgIpc) is 2.48. The molecule has 0 saturated carbocycles. The molecule has 5 heteroatoms. The summed E-state index contributed by atoms with van der Waals surface area (Å²) in [4.78, 5) is 0. The highest BCUT2D eigenvalue weighted by Crippen LogP contribution is 2.27. The number of ether oxygens (including phenoxy) is 2. The zero-order valence-electron chi connectivity index (χ0n) is 11.3. The van der Waals surface area contributed by atoms with Crippen molar-refractivity contribution in [3.63, 3.8) is 0 Å². The number of methoxy groups -OCH3 is 2. The quantitative estimate of drug-likeness (QED) is 0.881. The molecule has 0 radical (unpaired) electrons. The lowest BCUT2D eigenvalue weighted by Crippen LogP contribution is -2.01. The normalized spacial score (nSPS) is 10.2. The molecule has 0 fully saturated rings. The van der Waals surface area contributed by atoms with E-state index in [1.54, 1.807) is 44.6 Å². The van der Waals surface area contributed by atoms with Crippen molar-refractivity contribution in [3.05, 3.63) is 47.8 Å². The molecular weight excluding hydrogens is 261 g/mol. The van der Waals surface area contributed by atoms with E-state index in [9.17, 15) is 9.50 Å². The lowest BCUT2D eigenvalue weighted by Gasteiger charge is -2.11. The molecule has 2 aromatic carbocycles. The first-order valence-corrected chi connectivity index (χ1v) is 6.07. The van der Waals surface area contributed by atoms with Crippen molar-refractivity contribution in [1.29, 1.82) is 0 Å². The monoisotopic (exact) mass is 277 g/mol. The molecule has 0 aliphatic carbocycles. The fourth-order valence-electron chi connectivity index (χ4n) is 1.81. The summed E-state index contributed by atoms with van der Waals surface area (Å²) in [6, 6.07) is 9.76. The first-order chi connectivity index (χ1) is 9.63. The van der Waals surface area contributed by atoms with E-state index in [0.717, 1.165) is 5.69 Å². The summed E-state index contributed by atoms with van der Waals surface area (Å²) in [5.41, 5.74) is 1.23. The Morgan fingerprint density at radius 2 is 1.75 bits per heavy atom. The van der Waals surface area contributed by atoms with E-state index in [4.69, 9.17) is 9.47 Å². The Balaban J connectivity index is 2.16. The minimum Gasteiger partial charge on any atom is -0.505 e. The van der Waals surface area contributed by atoms with Crippen LogP contribution in [0.1, 0.15) is 5.56 Å². The maximum Gasteiger partial charge on any atom is 0.165 e. The van der Waals surface area contributed by atoms with E-state index in [-0.39, 0.29) is 5.75 Å². The number of benzene rings is 2. The Kier molecular flexibility index (Phi) is 4.30. The SMILES string of the molecule is COc1cc(NCc2cccc(F)c2O)cc(OC)c1. The Labute approximate surface area is 116 Å². The van der Waals surface area contributed by atoms with Crippen molar-refractivity contribution in [2.45, 2.75) is 6.54 Å². The van der Waals surface area contributed by atoms with Crippen LogP contribution in [0.2, 0.25) is 0 Å². The van der Waals surface area contributed by atoms with Crippen LogP contribution >= 0.6 is 0 Å². The van der Waals surface area contributed by atoms with Crippen molar-refractivity contribution in [1.82, 2.24) is 0 Å². The number of para-hydroxylation sites is 1. The number of hydrogen-bond acceptors (Lipinski definition) is 4. The van der Waals surface area contributed by atoms with Crippen molar-refractivity contribution >= 4 is 5.69 Å². The zero-order valence-corrected chi connectivity index (χ0v) is 11.3. The highest BCUT2D eigenvalue weighted by atomic mass is 19.1. The van der Waals surface area contributed by atoms with Gasteiger partial charge in [-0.05, 0) is 6.07 Å². The predicted octanol–water partition coefficient (Wildman–Crippen LogP) is 3.16. The van der Waals surface area contributed by atoms with Crippen LogP contribution in [-0.4, -0.2) is 19.3 Å². The van der Waals surface area contributed by atoms with Crippen molar-refractivity contribution in [3.8, 4) is 17.2 Å². The van der Waals surface area contributed by atoms with Gasteiger partial charge in [-0.2, -0.15) is 0 Å². The van der Waals surface area contributed by atoms with Crippen LogP contribution < -0.4 is 14.8 Å². The number of nitrogens with one attached hydrogen (secondary N) is 1. The summed E-state index contributed by atoms with van der Waals surface area (Å²) in [5.74, 6) is 0.327. The van der Waals surface area contributed by atoms with Gasteiger partial charge in [0.25, 0.3) is 0 Å². The van der Waals surface area contributed by atoms with Crippen LogP contribution in [0.4, 0.5) is 10.1 Å². The lowest BCUT2D eigenvalue weighted by molar-refractivity contribution is 0.394. The molecule has 0 aliphatic heterocycles. The molecule has 2 rings (SSSR count). The Bertz CT molecular complexity index is 579. The van der Waals surface area contributed by atoms with Gasteiger partial charge in [0.15, 0.2) is 11.6 Å². The lowest BCUT2D eigenvalue weighted by atomic mass is 10.2. The van der Waals surface area contributed by atoms with E-state index in [1.165, 1.54) is 6.07 Å². The molecular formula is C15H16FNO3. The number of rotatable bonds is 5. The van der Waals surface area contributed by atoms with Gasteiger partial charge in [0.2, 0.25) is 0 Å². The minimum absolute atomic E-state index is 0.292. The maximum atomic E-state index is 13.2. The summed E-state index contributed by atoms with van der Waals surface area (Å²) < 4.78 is 23.6. The second-order valence-electron chi connectivity index (χ2n) is 4.20. The number of phenolic OH excluding ortho intramolecular Hbond substituents is 1. The molecule has 0 aromatic heterocycles. The standard InChI is InChI=1S/C15H16FNO3/c1-19-12-6-11(7-13(8-12)20-2)17-9-10-4-3-5-14(16)15(10)18/h3-8,17-18H,9H2,1-2H3. The number of halogens is 1. The number of anilines is 1. The molecule has 20 heavy (non-hydrogen) atoms. The van der Waals surface area contributed by atoms with Crippen LogP contribution in [-0.2, 0) is 6.54 Å². The first kappa shape index (κ1) is 14.0. The summed E-state index contributed by atoms with van der Waals surface area (Å²) in [6.07, 6.45) is 0. The molecule has 0 atom stereocenters. The smallest absolute Gasteiger partial charge is 0.165 e. The van der Waals surface area contributed by atoms with Gasteiger partial charge in [0.1, 0.15) is 11.5 Å². The van der Waals surface area contributed by atoms with Gasteiger partial charge in [-0.3, -0.25) is 0 Å². The second-order valence-corrected chi connectivity index (χ2v) is 4.20. The van der Waals surface area contributed by atoms with E-state index in [1.807, 2.05) is 0 Å². The third-order valence-electron chi connectivity index (χ3n) is 2.90. The van der Waals surface area contributed by atoms with E-state index in [0.29, 0.717) is 23.6 Å². The number of phenols is 1. The Hall–Kier alpha value is -2.43. The number of hydrogen-bond donors (Lipinski definition) is 2. The molecule has 0 bridgehead atoms. The van der Waals surface area contributed by atoms with Crippen LogP contribution in [0.25, 0.3) is 0 Å². The average molecular weight is 277 g/mol. The summed E-state index contributed by atoms with van der Waals surface area (Å²) in [7, 11) is 3.13. The van der Waals surface area contributed by atoms with Crippen molar-refractivity contribution in [2.75, 3.05) is 19.5 Å². The first-order valence-electron chi connectivity index (χ1n) is 6.07. The highest BCUT2D eigenvalue weighted by molar-refractivity contribution is 5.54. The minimum atomic E-state index is -0.632. The van der Waals surface area contributed by atoms with Crippen LogP contribution in [0.3, 0.4) is 0 Å². The molecule has 0 spiro atoms. The molecule has 4 nitrogen and oxygen atoms in total. The van der Waals surface area contributed by atoms with Gasteiger partial charge in [0, 0.05) is 36.0 Å². The van der Waals surface area contributed by atoms with Crippen LogP contribution in [0.5, 0.6) is 17.2 Å². The maximum absolute atomic E-state index is 13.2. The molecule has 2 N–H and O–H groups in total. The van der Waals surface area contributed by atoms with E-state index in [2.05, 4.69) is 5.32 Å². The molecule has 2 aromatic rings. The second kappa shape index (κ2) is 6.14. The predicted molar refractivity (Wildman–Crippen MR) is 74.9 cm³/mol. The molecule has 0 unspecified atom stereocenters. The van der Waals surface area contributed by atoms with Gasteiger partial charge in [-0.15, -0.1) is 0 Å². The fourth-order valence-corrected chi connectivity index (χ4v) is 1.81. The van der Waals surface area contributed by atoms with Crippen LogP contribution in [0.15, 0.2) is 36.4 Å². The van der Waals surface area contributed by atoms with Crippen molar-refractivity contribution < 1.29 is 19.0 Å². The van der Waals surface area contributed by atoms with Crippen molar-refractivity contribution in [2.24, 2.45) is 0 Å². The molecule has 106 valence electrons. The van der Waals surface area contributed by atoms with Gasteiger partial charge in [-0.1, -0.05) is 12.1 Å². The van der Waals surface area contributed by atoms with Crippen LogP contribution in [0, 0.1) is 5.82 Å². The topological polar surface area (TPSA) is 50.7 Å². The fraction of sp³-hybridized carbons (Fsp3) is 0.200. The van der Waals surface area contributed by atoms with E-state index < -0.39 is 5.82 Å². The summed E-state index contributed by atoms with van der Waals surface area (Å²) in [5, 5.41) is 12.7. The molecule has 0 aliphatic rings. The number of aromatic hydroxyl groups is 1. The van der Waals surface area contributed by atoms with Gasteiger partial charge in [-0.25, -0.2) is 4.39 Å². The van der Waals surface area contributed by atoms with Gasteiger partial charge in [0.05, 0.1) is 14.2 Å². The third kappa shape index (κ3) is 3.12. The van der Waals surface area contributed by atoms with Gasteiger partial charge < -0.3 is 19.9 Å². The molecule has 0 amide bonds. The largest absolute Gasteiger partial charge is 0.505 e. The Morgan fingerprint density at radius 3 is 2.35 bits per heavy atom. The zero-order chi connectivity index (χ0) is 14.5.